The van der Waals surface area contributed by atoms with Crippen LogP contribution in [0.5, 0.6) is 0 Å². The van der Waals surface area contributed by atoms with Crippen LogP contribution in [0, 0.1) is 0 Å². The smallest absolute Gasteiger partial charge is 0.241 e. The summed E-state index contributed by atoms with van der Waals surface area (Å²) in [5.41, 5.74) is 0. The van der Waals surface area contributed by atoms with E-state index in [0.717, 1.165) is 17.7 Å². The quantitative estimate of drug-likeness (QED) is 0.644. The van der Waals surface area contributed by atoms with Gasteiger partial charge >= 0.3 is 0 Å². The summed E-state index contributed by atoms with van der Waals surface area (Å²) in [6.07, 6.45) is 2.08. The summed E-state index contributed by atoms with van der Waals surface area (Å²) in [5.74, 6) is 0. The van der Waals surface area contributed by atoms with Crippen LogP contribution >= 0.6 is 11.3 Å². The number of thiophene rings is 1. The molecule has 0 atom stereocenters. The van der Waals surface area contributed by atoms with E-state index in [2.05, 4.69) is 17.0 Å². The fourth-order valence-electron chi connectivity index (χ4n) is 1.45. The molecule has 0 saturated carbocycles. The SMILES string of the molecule is CCCCOCCNS(=O)(=O)c1csc(CNC)c1. The predicted octanol–water partition coefficient (Wildman–Crippen LogP) is 1.56. The molecule has 0 spiro atoms. The van der Waals surface area contributed by atoms with E-state index in [9.17, 15) is 8.42 Å². The number of hydrogen-bond donors (Lipinski definition) is 2. The van der Waals surface area contributed by atoms with E-state index in [1.165, 1.54) is 11.3 Å². The Labute approximate surface area is 119 Å². The van der Waals surface area contributed by atoms with Gasteiger partial charge in [0.1, 0.15) is 0 Å². The molecule has 0 bridgehead atoms. The first-order valence-electron chi connectivity index (χ1n) is 6.39. The maximum absolute atomic E-state index is 12.0. The third kappa shape index (κ3) is 6.01. The molecule has 0 amide bonds. The first-order valence-corrected chi connectivity index (χ1v) is 8.76. The van der Waals surface area contributed by atoms with Crippen LogP contribution in [0.4, 0.5) is 0 Å². The zero-order chi connectivity index (χ0) is 14.1. The number of sulfonamides is 1. The Hall–Kier alpha value is -0.470. The van der Waals surface area contributed by atoms with Gasteiger partial charge in [0.05, 0.1) is 11.5 Å². The summed E-state index contributed by atoms with van der Waals surface area (Å²) >= 11 is 1.44. The highest BCUT2D eigenvalue weighted by molar-refractivity contribution is 7.89. The first-order chi connectivity index (χ1) is 9.10. The fourth-order valence-corrected chi connectivity index (χ4v) is 3.75. The van der Waals surface area contributed by atoms with Gasteiger partial charge in [0.2, 0.25) is 10.0 Å². The third-order valence-electron chi connectivity index (χ3n) is 2.47. The Kier molecular flexibility index (Phi) is 7.55. The average Bonchev–Trinajstić information content (AvgIpc) is 2.83. The maximum Gasteiger partial charge on any atom is 0.241 e. The topological polar surface area (TPSA) is 67.4 Å². The molecule has 1 heterocycles. The van der Waals surface area contributed by atoms with Crippen molar-refractivity contribution >= 4 is 21.4 Å². The second-order valence-corrected chi connectivity index (χ2v) is 6.91. The zero-order valence-electron chi connectivity index (χ0n) is 11.4. The largest absolute Gasteiger partial charge is 0.380 e. The van der Waals surface area contributed by atoms with E-state index in [4.69, 9.17) is 4.74 Å². The zero-order valence-corrected chi connectivity index (χ0v) is 13.1. The minimum atomic E-state index is -3.40. The molecule has 0 radical (unpaired) electrons. The minimum Gasteiger partial charge on any atom is -0.380 e. The van der Waals surface area contributed by atoms with Gasteiger partial charge < -0.3 is 10.1 Å². The van der Waals surface area contributed by atoms with Crippen molar-refractivity contribution in [2.45, 2.75) is 31.2 Å². The molecule has 1 rings (SSSR count). The average molecular weight is 306 g/mol. The van der Waals surface area contributed by atoms with E-state index in [0.29, 0.717) is 31.2 Å². The lowest BCUT2D eigenvalue weighted by atomic mass is 10.4. The summed E-state index contributed by atoms with van der Waals surface area (Å²) in [6.45, 7) is 4.17. The first kappa shape index (κ1) is 16.6. The van der Waals surface area contributed by atoms with Crippen LogP contribution in [0.2, 0.25) is 0 Å². The minimum absolute atomic E-state index is 0.309. The van der Waals surface area contributed by atoms with Crippen LogP contribution in [0.15, 0.2) is 16.3 Å². The lowest BCUT2D eigenvalue weighted by molar-refractivity contribution is 0.136. The van der Waals surface area contributed by atoms with E-state index >= 15 is 0 Å². The Morgan fingerprint density at radius 3 is 2.84 bits per heavy atom. The molecule has 5 nitrogen and oxygen atoms in total. The standard InChI is InChI=1S/C12H22N2O3S2/c1-3-4-6-17-7-5-14-19(15,16)12-8-11(9-13-2)18-10-12/h8,10,13-14H,3-7,9H2,1-2H3. The van der Waals surface area contributed by atoms with E-state index in [1.807, 2.05) is 7.05 Å². The summed E-state index contributed by atoms with van der Waals surface area (Å²) in [6, 6.07) is 1.70. The van der Waals surface area contributed by atoms with Gasteiger partial charge in [-0.2, -0.15) is 0 Å². The van der Waals surface area contributed by atoms with Crippen LogP contribution in [0.3, 0.4) is 0 Å². The van der Waals surface area contributed by atoms with Crippen LogP contribution in [0.1, 0.15) is 24.6 Å². The molecular formula is C12H22N2O3S2. The van der Waals surface area contributed by atoms with Crippen molar-refractivity contribution < 1.29 is 13.2 Å². The summed E-state index contributed by atoms with van der Waals surface area (Å²) in [7, 11) is -1.56. The molecule has 0 unspecified atom stereocenters. The van der Waals surface area contributed by atoms with Crippen LogP contribution in [-0.2, 0) is 21.3 Å². The highest BCUT2D eigenvalue weighted by Crippen LogP contribution is 2.18. The number of ether oxygens (including phenoxy) is 1. The lowest BCUT2D eigenvalue weighted by Gasteiger charge is -2.05. The molecule has 2 N–H and O–H groups in total. The molecule has 0 saturated heterocycles. The number of unbranched alkanes of at least 4 members (excludes halogenated alkanes) is 1. The van der Waals surface area contributed by atoms with E-state index < -0.39 is 10.0 Å². The summed E-state index contributed by atoms with van der Waals surface area (Å²) < 4.78 is 31.8. The van der Waals surface area contributed by atoms with Gasteiger partial charge in [0, 0.05) is 30.0 Å². The Balaban J connectivity index is 2.38. The maximum atomic E-state index is 12.0. The number of hydrogen-bond acceptors (Lipinski definition) is 5. The second kappa shape index (κ2) is 8.65. The van der Waals surface area contributed by atoms with Crippen molar-refractivity contribution in [3.05, 3.63) is 16.3 Å². The van der Waals surface area contributed by atoms with Gasteiger partial charge in [-0.1, -0.05) is 13.3 Å². The van der Waals surface area contributed by atoms with Crippen molar-refractivity contribution in [2.24, 2.45) is 0 Å². The molecule has 1 aromatic heterocycles. The Bertz CT molecular complexity index is 457. The molecule has 110 valence electrons. The number of rotatable bonds is 10. The number of nitrogens with one attached hydrogen (secondary N) is 2. The molecular weight excluding hydrogens is 284 g/mol. The molecule has 0 fully saturated rings. The van der Waals surface area contributed by atoms with Gasteiger partial charge in [-0.3, -0.25) is 0 Å². The molecule has 1 aromatic rings. The van der Waals surface area contributed by atoms with Gasteiger partial charge in [-0.15, -0.1) is 11.3 Å². The van der Waals surface area contributed by atoms with Crippen molar-refractivity contribution in [1.82, 2.24) is 10.0 Å². The molecule has 19 heavy (non-hydrogen) atoms. The van der Waals surface area contributed by atoms with Gasteiger partial charge in [-0.25, -0.2) is 13.1 Å². The summed E-state index contributed by atoms with van der Waals surface area (Å²) in [5, 5.41) is 4.66. The normalized spacial score (nSPS) is 11.9. The van der Waals surface area contributed by atoms with Gasteiger partial charge in [0.15, 0.2) is 0 Å². The highest BCUT2D eigenvalue weighted by Gasteiger charge is 2.15. The van der Waals surface area contributed by atoms with Crippen molar-refractivity contribution in [1.29, 1.82) is 0 Å². The lowest BCUT2D eigenvalue weighted by Crippen LogP contribution is -2.27. The van der Waals surface area contributed by atoms with Crippen LogP contribution in [0.25, 0.3) is 0 Å². The van der Waals surface area contributed by atoms with Gasteiger partial charge in [-0.05, 0) is 19.5 Å². The van der Waals surface area contributed by atoms with Crippen LogP contribution in [-0.4, -0.2) is 35.2 Å². The molecule has 0 aromatic carbocycles. The molecule has 0 aliphatic carbocycles. The third-order valence-corrected chi connectivity index (χ3v) is 5.00. The predicted molar refractivity (Wildman–Crippen MR) is 78.0 cm³/mol. The highest BCUT2D eigenvalue weighted by atomic mass is 32.2. The van der Waals surface area contributed by atoms with Crippen LogP contribution < -0.4 is 10.0 Å². The summed E-state index contributed by atoms with van der Waals surface area (Å²) in [4.78, 5) is 1.33. The van der Waals surface area contributed by atoms with E-state index in [-0.39, 0.29) is 0 Å². The molecule has 7 heteroatoms. The fraction of sp³-hybridized carbons (Fsp3) is 0.667. The van der Waals surface area contributed by atoms with Gasteiger partial charge in [0.25, 0.3) is 0 Å². The van der Waals surface area contributed by atoms with E-state index in [1.54, 1.807) is 11.4 Å². The van der Waals surface area contributed by atoms with Crippen molar-refractivity contribution in [3.8, 4) is 0 Å². The molecule has 0 aliphatic heterocycles. The monoisotopic (exact) mass is 306 g/mol. The van der Waals surface area contributed by atoms with Crippen molar-refractivity contribution in [3.63, 3.8) is 0 Å². The molecule has 0 aliphatic rings. The van der Waals surface area contributed by atoms with Crippen molar-refractivity contribution in [2.75, 3.05) is 26.8 Å². The Morgan fingerprint density at radius 1 is 1.37 bits per heavy atom. The second-order valence-electron chi connectivity index (χ2n) is 4.14. The Morgan fingerprint density at radius 2 is 2.16 bits per heavy atom.